The van der Waals surface area contributed by atoms with Gasteiger partial charge >= 0.3 is 0 Å². The first-order valence-corrected chi connectivity index (χ1v) is 6.66. The summed E-state index contributed by atoms with van der Waals surface area (Å²) < 4.78 is 0. The van der Waals surface area contributed by atoms with Crippen molar-refractivity contribution in [2.45, 2.75) is 44.8 Å². The zero-order valence-corrected chi connectivity index (χ0v) is 10.7. The van der Waals surface area contributed by atoms with Gasteiger partial charge in [-0.1, -0.05) is 12.5 Å². The molecule has 18 heavy (non-hydrogen) atoms. The van der Waals surface area contributed by atoms with Gasteiger partial charge < -0.3 is 16.0 Å². The monoisotopic (exact) mass is 244 g/mol. The van der Waals surface area contributed by atoms with Crippen molar-refractivity contribution in [1.82, 2.24) is 15.3 Å². The second-order valence-corrected chi connectivity index (χ2v) is 5.26. The molecule has 1 fully saturated rings. The fraction of sp³-hybridized carbons (Fsp3) is 0.500. The number of nitrogens with two attached hydrogens (primary N) is 1. The third-order valence-corrected chi connectivity index (χ3v) is 3.80. The number of aromatic nitrogens is 2. The van der Waals surface area contributed by atoms with Gasteiger partial charge in [-0.2, -0.15) is 0 Å². The zero-order chi connectivity index (χ0) is 12.5. The number of nitrogens with one attached hydrogen (secondary N) is 2. The molecule has 1 aliphatic rings. The van der Waals surface area contributed by atoms with E-state index < -0.39 is 0 Å². The molecule has 2 atom stereocenters. The van der Waals surface area contributed by atoms with E-state index in [1.807, 2.05) is 6.92 Å². The first kappa shape index (κ1) is 11.7. The van der Waals surface area contributed by atoms with Crippen LogP contribution in [0.5, 0.6) is 0 Å². The molecule has 4 heteroatoms. The van der Waals surface area contributed by atoms with Crippen LogP contribution >= 0.6 is 0 Å². The second-order valence-electron chi connectivity index (χ2n) is 5.26. The van der Waals surface area contributed by atoms with Crippen LogP contribution in [0.3, 0.4) is 0 Å². The van der Waals surface area contributed by atoms with Crippen LogP contribution in [0.2, 0.25) is 0 Å². The largest absolute Gasteiger partial charge is 0.342 e. The molecule has 1 aromatic carbocycles. The molecule has 3 rings (SSSR count). The van der Waals surface area contributed by atoms with E-state index in [0.717, 1.165) is 29.8 Å². The normalized spacial score (nSPS) is 23.9. The van der Waals surface area contributed by atoms with Gasteiger partial charge in [-0.05, 0) is 37.5 Å². The Hall–Kier alpha value is -1.39. The summed E-state index contributed by atoms with van der Waals surface area (Å²) in [5, 5.41) is 3.56. The predicted molar refractivity (Wildman–Crippen MR) is 73.3 cm³/mol. The molecule has 0 radical (unpaired) electrons. The van der Waals surface area contributed by atoms with Gasteiger partial charge in [-0.3, -0.25) is 0 Å². The van der Waals surface area contributed by atoms with Gasteiger partial charge in [0.1, 0.15) is 5.82 Å². The molecule has 0 aliphatic heterocycles. The maximum atomic E-state index is 6.06. The Morgan fingerprint density at radius 3 is 3.11 bits per heavy atom. The Labute approximate surface area is 107 Å². The Morgan fingerprint density at radius 1 is 1.44 bits per heavy atom. The summed E-state index contributed by atoms with van der Waals surface area (Å²) in [6.45, 7) is 2.86. The Kier molecular flexibility index (Phi) is 3.06. The average molecular weight is 244 g/mol. The number of aromatic amines is 1. The van der Waals surface area contributed by atoms with Crippen molar-refractivity contribution in [2.75, 3.05) is 0 Å². The van der Waals surface area contributed by atoms with E-state index in [1.165, 1.54) is 18.4 Å². The summed E-state index contributed by atoms with van der Waals surface area (Å²) in [7, 11) is 0. The van der Waals surface area contributed by atoms with Crippen LogP contribution < -0.4 is 11.1 Å². The van der Waals surface area contributed by atoms with Gasteiger partial charge in [-0.25, -0.2) is 4.98 Å². The predicted octanol–water partition coefficient (Wildman–Crippen LogP) is 1.84. The summed E-state index contributed by atoms with van der Waals surface area (Å²) in [6, 6.07) is 7.18. The van der Waals surface area contributed by atoms with Crippen LogP contribution in [-0.2, 0) is 6.54 Å². The van der Waals surface area contributed by atoms with Crippen molar-refractivity contribution in [1.29, 1.82) is 0 Å². The third-order valence-electron chi connectivity index (χ3n) is 3.80. The molecule has 1 saturated carbocycles. The van der Waals surface area contributed by atoms with Gasteiger partial charge in [0, 0.05) is 18.6 Å². The first-order valence-electron chi connectivity index (χ1n) is 6.66. The first-order chi connectivity index (χ1) is 8.72. The number of hydrogen-bond acceptors (Lipinski definition) is 3. The van der Waals surface area contributed by atoms with Crippen LogP contribution in [0.25, 0.3) is 11.0 Å². The lowest BCUT2D eigenvalue weighted by Crippen LogP contribution is -2.40. The van der Waals surface area contributed by atoms with E-state index in [-0.39, 0.29) is 0 Å². The van der Waals surface area contributed by atoms with E-state index in [4.69, 9.17) is 5.73 Å². The highest BCUT2D eigenvalue weighted by atomic mass is 15.0. The number of fused-ring (bicyclic) bond motifs is 1. The lowest BCUT2D eigenvalue weighted by Gasteiger charge is -2.17. The van der Waals surface area contributed by atoms with Crippen molar-refractivity contribution < 1.29 is 0 Å². The van der Waals surface area contributed by atoms with Gasteiger partial charge in [0.15, 0.2) is 0 Å². The number of nitrogens with zero attached hydrogens (tertiary/aromatic N) is 1. The standard InChI is InChI=1S/C14H20N4/c1-9-17-13-6-5-10(7-14(13)18-9)8-16-12-4-2-3-11(12)15/h5-7,11-12,16H,2-4,8,15H2,1H3,(H,17,18). The lowest BCUT2D eigenvalue weighted by molar-refractivity contribution is 0.475. The van der Waals surface area contributed by atoms with Crippen molar-refractivity contribution in [3.05, 3.63) is 29.6 Å². The molecule has 4 N–H and O–H groups in total. The van der Waals surface area contributed by atoms with Crippen LogP contribution in [-0.4, -0.2) is 22.1 Å². The Bertz CT molecular complexity index is 546. The SMILES string of the molecule is Cc1nc2ccc(CNC3CCCC3N)cc2[nH]1. The quantitative estimate of drug-likeness (QED) is 0.772. The van der Waals surface area contributed by atoms with E-state index in [2.05, 4.69) is 33.5 Å². The molecule has 1 heterocycles. The van der Waals surface area contributed by atoms with Crippen LogP contribution in [0.15, 0.2) is 18.2 Å². The molecule has 2 unspecified atom stereocenters. The summed E-state index contributed by atoms with van der Waals surface area (Å²) in [4.78, 5) is 7.68. The summed E-state index contributed by atoms with van der Waals surface area (Å²) in [5.41, 5.74) is 9.49. The zero-order valence-electron chi connectivity index (χ0n) is 10.7. The minimum Gasteiger partial charge on any atom is -0.342 e. The van der Waals surface area contributed by atoms with Crippen LogP contribution in [0.4, 0.5) is 0 Å². The molecular weight excluding hydrogens is 224 g/mol. The van der Waals surface area contributed by atoms with E-state index >= 15 is 0 Å². The third kappa shape index (κ3) is 2.26. The summed E-state index contributed by atoms with van der Waals surface area (Å²) in [5.74, 6) is 0.966. The molecule has 1 aliphatic carbocycles. The smallest absolute Gasteiger partial charge is 0.104 e. The van der Waals surface area contributed by atoms with E-state index in [1.54, 1.807) is 0 Å². The molecule has 0 saturated heterocycles. The molecule has 0 amide bonds. The maximum Gasteiger partial charge on any atom is 0.104 e. The molecule has 0 spiro atoms. The van der Waals surface area contributed by atoms with E-state index in [0.29, 0.717) is 12.1 Å². The average Bonchev–Trinajstić information content (AvgIpc) is 2.90. The number of hydrogen-bond donors (Lipinski definition) is 3. The van der Waals surface area contributed by atoms with Crippen LogP contribution in [0.1, 0.15) is 30.7 Å². The number of rotatable bonds is 3. The molecule has 1 aromatic heterocycles. The van der Waals surface area contributed by atoms with Crippen molar-refractivity contribution in [2.24, 2.45) is 5.73 Å². The Balaban J connectivity index is 1.70. The fourth-order valence-electron chi connectivity index (χ4n) is 2.79. The highest BCUT2D eigenvalue weighted by Crippen LogP contribution is 2.18. The minimum atomic E-state index is 0.322. The number of benzene rings is 1. The van der Waals surface area contributed by atoms with Gasteiger partial charge in [0.25, 0.3) is 0 Å². The van der Waals surface area contributed by atoms with Gasteiger partial charge in [0.05, 0.1) is 11.0 Å². The maximum absolute atomic E-state index is 6.06. The molecule has 2 aromatic rings. The molecule has 96 valence electrons. The topological polar surface area (TPSA) is 66.7 Å². The van der Waals surface area contributed by atoms with Crippen molar-refractivity contribution in [3.63, 3.8) is 0 Å². The molecule has 4 nitrogen and oxygen atoms in total. The highest BCUT2D eigenvalue weighted by Gasteiger charge is 2.22. The Morgan fingerprint density at radius 2 is 2.33 bits per heavy atom. The summed E-state index contributed by atoms with van der Waals surface area (Å²) >= 11 is 0. The lowest BCUT2D eigenvalue weighted by atomic mass is 10.1. The highest BCUT2D eigenvalue weighted by molar-refractivity contribution is 5.75. The fourth-order valence-corrected chi connectivity index (χ4v) is 2.79. The van der Waals surface area contributed by atoms with E-state index in [9.17, 15) is 0 Å². The van der Waals surface area contributed by atoms with Crippen molar-refractivity contribution >= 4 is 11.0 Å². The number of aryl methyl sites for hydroxylation is 1. The summed E-state index contributed by atoms with van der Waals surface area (Å²) in [6.07, 6.45) is 3.60. The number of imidazole rings is 1. The molecule has 0 bridgehead atoms. The minimum absolute atomic E-state index is 0.322. The second kappa shape index (κ2) is 4.71. The van der Waals surface area contributed by atoms with Crippen molar-refractivity contribution in [3.8, 4) is 0 Å². The van der Waals surface area contributed by atoms with Gasteiger partial charge in [-0.15, -0.1) is 0 Å². The van der Waals surface area contributed by atoms with Gasteiger partial charge in [0.2, 0.25) is 0 Å². The van der Waals surface area contributed by atoms with Crippen LogP contribution in [0, 0.1) is 6.92 Å². The molecular formula is C14H20N4. The number of H-pyrrole nitrogens is 1.